The fourth-order valence-corrected chi connectivity index (χ4v) is 2.30. The summed E-state index contributed by atoms with van der Waals surface area (Å²) in [6.07, 6.45) is 0.483. The van der Waals surface area contributed by atoms with Crippen LogP contribution in [0.2, 0.25) is 5.28 Å². The molecule has 1 aliphatic heterocycles. The summed E-state index contributed by atoms with van der Waals surface area (Å²) >= 11 is 5.99. The van der Waals surface area contributed by atoms with Gasteiger partial charge in [-0.2, -0.15) is 20.1 Å². The summed E-state index contributed by atoms with van der Waals surface area (Å²) in [5.74, 6) is 0.0761. The van der Waals surface area contributed by atoms with E-state index < -0.39 is 23.4 Å². The molecule has 2 amide bonds. The van der Waals surface area contributed by atoms with Gasteiger partial charge in [-0.05, 0) is 53.1 Å². The monoisotopic (exact) mass is 455 g/mol. The number of rotatable bonds is 4. The molecule has 12 heteroatoms. The highest BCUT2D eigenvalue weighted by molar-refractivity contribution is 6.28. The van der Waals surface area contributed by atoms with Crippen molar-refractivity contribution >= 4 is 35.9 Å². The number of ether oxygens (including phenoxy) is 4. The summed E-state index contributed by atoms with van der Waals surface area (Å²) < 4.78 is 21.7. The van der Waals surface area contributed by atoms with E-state index in [1.807, 2.05) is 0 Å². The molecule has 0 atom stereocenters. The Morgan fingerprint density at radius 1 is 1.06 bits per heavy atom. The van der Waals surface area contributed by atoms with Crippen molar-refractivity contribution in [3.63, 3.8) is 0 Å². The number of amides is 2. The fraction of sp³-hybridized carbons (Fsp3) is 0.526. The molecule has 2 rings (SSSR count). The number of fused-ring (bicyclic) bond motifs is 1. The normalized spacial score (nSPS) is 13.5. The second-order valence-corrected chi connectivity index (χ2v) is 8.57. The number of aromatic nitrogens is 2. The smallest absolute Gasteiger partial charge is 0.435 e. The Morgan fingerprint density at radius 3 is 2.23 bits per heavy atom. The van der Waals surface area contributed by atoms with Gasteiger partial charge in [-0.3, -0.25) is 0 Å². The molecule has 1 aromatic rings. The number of carbonyl (C=O) groups is 2. The highest BCUT2D eigenvalue weighted by Crippen LogP contribution is 2.38. The van der Waals surface area contributed by atoms with E-state index in [9.17, 15) is 9.59 Å². The molecule has 0 fully saturated rings. The second kappa shape index (κ2) is 9.38. The molecule has 31 heavy (non-hydrogen) atoms. The van der Waals surface area contributed by atoms with Crippen LogP contribution in [-0.2, 0) is 9.47 Å². The van der Waals surface area contributed by atoms with Gasteiger partial charge in [0, 0.05) is 6.20 Å². The van der Waals surface area contributed by atoms with E-state index in [1.54, 1.807) is 41.5 Å². The van der Waals surface area contributed by atoms with Gasteiger partial charge in [-0.25, -0.2) is 14.5 Å². The number of hydrazone groups is 1. The van der Waals surface area contributed by atoms with Crippen LogP contribution in [-0.4, -0.2) is 57.9 Å². The van der Waals surface area contributed by atoms with Gasteiger partial charge in [0.25, 0.3) is 5.88 Å². The predicted octanol–water partition coefficient (Wildman–Crippen LogP) is 3.97. The van der Waals surface area contributed by atoms with E-state index in [-0.39, 0.29) is 35.9 Å². The zero-order chi connectivity index (χ0) is 23.4. The number of nitrogens with zero attached hydrogens (tertiary/aromatic N) is 5. The van der Waals surface area contributed by atoms with Gasteiger partial charge in [-0.1, -0.05) is 6.58 Å². The van der Waals surface area contributed by atoms with Crippen molar-refractivity contribution in [2.45, 2.75) is 52.7 Å². The predicted molar refractivity (Wildman–Crippen MR) is 114 cm³/mol. The second-order valence-electron chi connectivity index (χ2n) is 8.24. The molecule has 11 nitrogen and oxygen atoms in total. The maximum atomic E-state index is 12.9. The van der Waals surface area contributed by atoms with Crippen LogP contribution < -0.4 is 14.4 Å². The molecule has 0 N–H and O–H groups in total. The average Bonchev–Trinajstić information content (AvgIpc) is 2.61. The molecule has 170 valence electrons. The van der Waals surface area contributed by atoms with Crippen molar-refractivity contribution < 1.29 is 28.5 Å². The average molecular weight is 456 g/mol. The molecular weight excluding hydrogens is 430 g/mol. The topological polar surface area (TPSA) is 116 Å². The first-order valence-electron chi connectivity index (χ1n) is 9.35. The highest BCUT2D eigenvalue weighted by atomic mass is 35.5. The summed E-state index contributed by atoms with van der Waals surface area (Å²) in [5, 5.41) is 4.60. The van der Waals surface area contributed by atoms with Crippen LogP contribution >= 0.6 is 11.6 Å². The van der Waals surface area contributed by atoms with E-state index >= 15 is 0 Å². The lowest BCUT2D eigenvalue weighted by atomic mass is 10.2. The third kappa shape index (κ3) is 6.99. The van der Waals surface area contributed by atoms with Gasteiger partial charge in [0.1, 0.15) is 30.8 Å². The minimum Gasteiger partial charge on any atom is -0.482 e. The number of anilines is 1. The third-order valence-corrected chi connectivity index (χ3v) is 3.39. The van der Waals surface area contributed by atoms with Crippen molar-refractivity contribution in [2.24, 2.45) is 5.10 Å². The number of carbonyl (C=O) groups excluding carboxylic acids is 2. The lowest BCUT2D eigenvalue weighted by Crippen LogP contribution is -2.38. The quantitative estimate of drug-likeness (QED) is 0.290. The fourth-order valence-electron chi connectivity index (χ4n) is 2.15. The molecule has 0 aromatic carbocycles. The summed E-state index contributed by atoms with van der Waals surface area (Å²) in [7, 11) is 0. The van der Waals surface area contributed by atoms with Gasteiger partial charge in [0.15, 0.2) is 5.82 Å². The molecule has 0 saturated heterocycles. The van der Waals surface area contributed by atoms with Gasteiger partial charge in [-0.15, -0.1) is 0 Å². The van der Waals surface area contributed by atoms with E-state index in [2.05, 4.69) is 21.6 Å². The maximum Gasteiger partial charge on any atom is 0.435 e. The molecule has 0 aliphatic carbocycles. The summed E-state index contributed by atoms with van der Waals surface area (Å²) in [6.45, 7) is 14.2. The summed E-state index contributed by atoms with van der Waals surface area (Å²) in [6, 6.07) is 0. The Bertz CT molecular complexity index is 878. The molecule has 0 bridgehead atoms. The first kappa shape index (κ1) is 24.2. The SMILES string of the molecule is C=CN(/N=C\N(C(=O)OC(C)(C)C)c1nc(Cl)nc2c1OCCO2)C(=O)OC(C)(C)C. The van der Waals surface area contributed by atoms with E-state index in [0.29, 0.717) is 0 Å². The third-order valence-electron chi connectivity index (χ3n) is 3.22. The zero-order valence-corrected chi connectivity index (χ0v) is 19.1. The van der Waals surface area contributed by atoms with E-state index in [1.165, 1.54) is 0 Å². The van der Waals surface area contributed by atoms with Crippen LogP contribution in [0.4, 0.5) is 15.4 Å². The number of hydrogen-bond acceptors (Lipinski definition) is 9. The summed E-state index contributed by atoms with van der Waals surface area (Å²) in [4.78, 5) is 34.2. The minimum absolute atomic E-state index is 0.0657. The van der Waals surface area contributed by atoms with Crippen LogP contribution in [0.15, 0.2) is 17.9 Å². The number of hydrogen-bond donors (Lipinski definition) is 0. The van der Waals surface area contributed by atoms with Crippen LogP contribution in [0.5, 0.6) is 11.6 Å². The molecule has 0 saturated carbocycles. The maximum absolute atomic E-state index is 12.9. The highest BCUT2D eigenvalue weighted by Gasteiger charge is 2.31. The zero-order valence-electron chi connectivity index (χ0n) is 18.3. The molecule has 1 aromatic heterocycles. The molecule has 2 heterocycles. The van der Waals surface area contributed by atoms with Gasteiger partial charge in [0.2, 0.25) is 11.0 Å². The van der Waals surface area contributed by atoms with Crippen molar-refractivity contribution in [1.29, 1.82) is 0 Å². The molecule has 1 aliphatic rings. The Kier molecular flexibility index (Phi) is 7.32. The molecule has 0 unspecified atom stereocenters. The standard InChI is InChI=1S/C19H26ClN5O6/c1-8-25(17(27)31-19(5,6)7)21-11-24(16(26)30-18(2,3)4)13-12-14(23-15(20)22-13)29-10-9-28-12/h8,11H,1,9-10H2,2-7H3/b21-11-. The first-order valence-corrected chi connectivity index (χ1v) is 9.73. The van der Waals surface area contributed by atoms with Crippen molar-refractivity contribution in [1.82, 2.24) is 15.0 Å². The van der Waals surface area contributed by atoms with Crippen molar-refractivity contribution in [3.05, 3.63) is 18.1 Å². The van der Waals surface area contributed by atoms with Gasteiger partial charge in [0.05, 0.1) is 0 Å². The lowest BCUT2D eigenvalue weighted by Gasteiger charge is -2.27. The summed E-state index contributed by atoms with van der Waals surface area (Å²) in [5.41, 5.74) is -1.59. The Balaban J connectivity index is 2.46. The Labute approximate surface area is 185 Å². The van der Waals surface area contributed by atoms with E-state index in [0.717, 1.165) is 22.4 Å². The van der Waals surface area contributed by atoms with Crippen LogP contribution in [0, 0.1) is 0 Å². The molecule has 0 radical (unpaired) electrons. The van der Waals surface area contributed by atoms with Gasteiger partial charge < -0.3 is 18.9 Å². The number of halogens is 1. The lowest BCUT2D eigenvalue weighted by molar-refractivity contribution is 0.0338. The largest absolute Gasteiger partial charge is 0.482 e. The van der Waals surface area contributed by atoms with Crippen LogP contribution in [0.3, 0.4) is 0 Å². The molecular formula is C19H26ClN5O6. The Morgan fingerprint density at radius 2 is 1.65 bits per heavy atom. The first-order chi connectivity index (χ1) is 14.3. The van der Waals surface area contributed by atoms with E-state index in [4.69, 9.17) is 30.5 Å². The van der Waals surface area contributed by atoms with Crippen molar-refractivity contribution in [3.8, 4) is 11.6 Å². The minimum atomic E-state index is -0.851. The molecule has 0 spiro atoms. The van der Waals surface area contributed by atoms with Crippen LogP contribution in [0.1, 0.15) is 41.5 Å². The van der Waals surface area contributed by atoms with Gasteiger partial charge >= 0.3 is 12.2 Å². The van der Waals surface area contributed by atoms with Crippen LogP contribution in [0.25, 0.3) is 0 Å². The van der Waals surface area contributed by atoms with Crippen molar-refractivity contribution in [2.75, 3.05) is 18.1 Å². The Hall–Kier alpha value is -3.08.